The highest BCUT2D eigenvalue weighted by Crippen LogP contribution is 2.28. The van der Waals surface area contributed by atoms with Gasteiger partial charge in [-0.3, -0.25) is 4.21 Å². The second kappa shape index (κ2) is 8.35. The maximum atomic E-state index is 11.5. The Morgan fingerprint density at radius 1 is 1.20 bits per heavy atom. The lowest BCUT2D eigenvalue weighted by Crippen LogP contribution is -2.46. The first-order valence-electron chi connectivity index (χ1n) is 8.73. The summed E-state index contributed by atoms with van der Waals surface area (Å²) < 4.78 is 11.5. The monoisotopic (exact) mass is 376 g/mol. The van der Waals surface area contributed by atoms with E-state index in [1.807, 2.05) is 30.3 Å². The molecule has 0 amide bonds. The van der Waals surface area contributed by atoms with Gasteiger partial charge in [0.25, 0.3) is 0 Å². The molecule has 1 heterocycles. The number of piperidine rings is 1. The highest BCUT2D eigenvalue weighted by atomic mass is 35.5. The highest BCUT2D eigenvalue weighted by molar-refractivity contribution is 7.84. The van der Waals surface area contributed by atoms with Gasteiger partial charge in [0.2, 0.25) is 0 Å². The van der Waals surface area contributed by atoms with Crippen LogP contribution in [0.3, 0.4) is 0 Å². The summed E-state index contributed by atoms with van der Waals surface area (Å²) in [7, 11) is -0.925. The Balaban J connectivity index is 1.64. The van der Waals surface area contributed by atoms with E-state index < -0.39 is 10.8 Å². The van der Waals surface area contributed by atoms with E-state index in [9.17, 15) is 4.21 Å². The third kappa shape index (κ3) is 4.63. The molecular formula is C20H25ClN2OS. The van der Waals surface area contributed by atoms with Crippen molar-refractivity contribution in [2.24, 2.45) is 0 Å². The van der Waals surface area contributed by atoms with Gasteiger partial charge in [0.05, 0.1) is 10.7 Å². The molecule has 0 bridgehead atoms. The molecule has 1 aliphatic rings. The number of hydrogen-bond acceptors (Lipinski definition) is 3. The molecule has 25 heavy (non-hydrogen) atoms. The minimum atomic E-state index is -0.925. The van der Waals surface area contributed by atoms with Crippen molar-refractivity contribution in [2.45, 2.75) is 36.7 Å². The molecule has 3 rings (SSSR count). The van der Waals surface area contributed by atoms with Crippen LogP contribution in [0.1, 0.15) is 31.4 Å². The third-order valence-corrected chi connectivity index (χ3v) is 6.07. The van der Waals surface area contributed by atoms with Crippen molar-refractivity contribution in [1.29, 1.82) is 0 Å². The van der Waals surface area contributed by atoms with E-state index in [0.29, 0.717) is 6.04 Å². The van der Waals surface area contributed by atoms with Crippen molar-refractivity contribution in [2.75, 3.05) is 24.2 Å². The average Bonchev–Trinajstić information content (AvgIpc) is 2.62. The van der Waals surface area contributed by atoms with Crippen LogP contribution in [-0.2, 0) is 10.8 Å². The zero-order chi connectivity index (χ0) is 17.8. The minimum Gasteiger partial charge on any atom is -0.369 e. The summed E-state index contributed by atoms with van der Waals surface area (Å²) >= 11 is 6.36. The molecule has 2 aromatic carbocycles. The van der Waals surface area contributed by atoms with Gasteiger partial charge in [-0.1, -0.05) is 35.9 Å². The quantitative estimate of drug-likeness (QED) is 0.839. The van der Waals surface area contributed by atoms with Crippen LogP contribution in [0.4, 0.5) is 5.69 Å². The Hall–Kier alpha value is -1.36. The Kier molecular flexibility index (Phi) is 6.15. The average molecular weight is 377 g/mol. The Morgan fingerprint density at radius 2 is 1.92 bits per heavy atom. The number of anilines is 1. The lowest BCUT2D eigenvalue weighted by molar-refractivity contribution is 0.388. The number of hydrogen-bond donors (Lipinski definition) is 1. The summed E-state index contributed by atoms with van der Waals surface area (Å²) in [5.74, 6) is 0. The first kappa shape index (κ1) is 18.4. The zero-order valence-electron chi connectivity index (χ0n) is 14.7. The molecule has 3 atom stereocenters. The van der Waals surface area contributed by atoms with Gasteiger partial charge in [0.15, 0.2) is 0 Å². The normalized spacial score (nSPS) is 20.3. The highest BCUT2D eigenvalue weighted by Gasteiger charge is 2.22. The molecular weight excluding hydrogens is 352 g/mol. The molecule has 0 radical (unpaired) electrons. The fraction of sp³-hybridized carbons (Fsp3) is 0.400. The third-order valence-electron chi connectivity index (χ3n) is 4.81. The first-order chi connectivity index (χ1) is 12.0. The second-order valence-corrected chi connectivity index (χ2v) is 8.43. The van der Waals surface area contributed by atoms with Crippen LogP contribution < -0.4 is 10.2 Å². The topological polar surface area (TPSA) is 32.3 Å². The van der Waals surface area contributed by atoms with Crippen molar-refractivity contribution in [1.82, 2.24) is 5.32 Å². The summed E-state index contributed by atoms with van der Waals surface area (Å²) in [5, 5.41) is 4.56. The molecule has 0 unspecified atom stereocenters. The van der Waals surface area contributed by atoms with Gasteiger partial charge in [-0.2, -0.15) is 0 Å². The van der Waals surface area contributed by atoms with Crippen LogP contribution in [0, 0.1) is 0 Å². The number of rotatable bonds is 5. The number of nitrogens with one attached hydrogen (secondary N) is 1. The second-order valence-electron chi connectivity index (χ2n) is 6.65. The van der Waals surface area contributed by atoms with Gasteiger partial charge >= 0.3 is 0 Å². The van der Waals surface area contributed by atoms with E-state index in [0.717, 1.165) is 35.1 Å². The summed E-state index contributed by atoms with van der Waals surface area (Å²) in [6.45, 7) is 4.20. The molecule has 0 aliphatic carbocycles. The first-order valence-corrected chi connectivity index (χ1v) is 10.7. The van der Waals surface area contributed by atoms with E-state index in [1.165, 1.54) is 12.0 Å². The molecule has 5 heteroatoms. The van der Waals surface area contributed by atoms with E-state index >= 15 is 0 Å². The predicted octanol–water partition coefficient (Wildman–Crippen LogP) is 4.40. The van der Waals surface area contributed by atoms with Crippen molar-refractivity contribution in [3.8, 4) is 0 Å². The van der Waals surface area contributed by atoms with Gasteiger partial charge in [-0.25, -0.2) is 0 Å². The van der Waals surface area contributed by atoms with Gasteiger partial charge < -0.3 is 10.2 Å². The molecule has 0 aromatic heterocycles. The van der Waals surface area contributed by atoms with Crippen LogP contribution in [-0.4, -0.2) is 29.6 Å². The fourth-order valence-electron chi connectivity index (χ4n) is 3.44. The van der Waals surface area contributed by atoms with Crippen LogP contribution in [0.15, 0.2) is 53.4 Å². The Morgan fingerprint density at radius 3 is 2.60 bits per heavy atom. The predicted molar refractivity (Wildman–Crippen MR) is 107 cm³/mol. The van der Waals surface area contributed by atoms with Gasteiger partial charge in [0.1, 0.15) is 0 Å². The van der Waals surface area contributed by atoms with E-state index in [-0.39, 0.29) is 6.04 Å². The fourth-order valence-corrected chi connectivity index (χ4v) is 4.21. The smallest absolute Gasteiger partial charge is 0.0639 e. The van der Waals surface area contributed by atoms with Crippen LogP contribution in [0.2, 0.25) is 5.02 Å². The molecule has 134 valence electrons. The SMILES string of the molecule is C[C@H](N[C@@H]1CCCN(c2ccccc2Cl)C1)c1ccc([S@@](C)=O)cc1. The molecule has 0 saturated carbocycles. The minimum absolute atomic E-state index is 0.260. The largest absolute Gasteiger partial charge is 0.369 e. The number of para-hydroxylation sites is 1. The maximum absolute atomic E-state index is 11.5. The molecule has 1 N–H and O–H groups in total. The van der Waals surface area contributed by atoms with Gasteiger partial charge in [-0.05, 0) is 49.6 Å². The lowest BCUT2D eigenvalue weighted by Gasteiger charge is -2.36. The zero-order valence-corrected chi connectivity index (χ0v) is 16.3. The summed E-state index contributed by atoms with van der Waals surface area (Å²) in [4.78, 5) is 3.25. The Labute approximate surface area is 157 Å². The van der Waals surface area contributed by atoms with Crippen LogP contribution >= 0.6 is 11.6 Å². The number of halogens is 1. The molecule has 0 spiro atoms. The molecule has 1 fully saturated rings. The van der Waals surface area contributed by atoms with Gasteiger partial charge in [0, 0.05) is 47.1 Å². The lowest BCUT2D eigenvalue weighted by atomic mass is 10.0. The van der Waals surface area contributed by atoms with Crippen molar-refractivity contribution in [3.63, 3.8) is 0 Å². The maximum Gasteiger partial charge on any atom is 0.0639 e. The van der Waals surface area contributed by atoms with E-state index in [1.54, 1.807) is 6.26 Å². The number of nitrogens with zero attached hydrogens (tertiary/aromatic N) is 1. The van der Waals surface area contributed by atoms with Crippen molar-refractivity contribution in [3.05, 3.63) is 59.1 Å². The summed E-state index contributed by atoms with van der Waals surface area (Å²) in [6.07, 6.45) is 4.04. The molecule has 1 aliphatic heterocycles. The van der Waals surface area contributed by atoms with Crippen LogP contribution in [0.5, 0.6) is 0 Å². The van der Waals surface area contributed by atoms with Gasteiger partial charge in [-0.15, -0.1) is 0 Å². The van der Waals surface area contributed by atoms with E-state index in [2.05, 4.69) is 35.3 Å². The molecule has 1 saturated heterocycles. The van der Waals surface area contributed by atoms with Crippen LogP contribution in [0.25, 0.3) is 0 Å². The summed E-state index contributed by atoms with van der Waals surface area (Å²) in [6, 6.07) is 16.8. The van der Waals surface area contributed by atoms with Crippen molar-refractivity contribution >= 4 is 28.1 Å². The van der Waals surface area contributed by atoms with E-state index in [4.69, 9.17) is 11.6 Å². The molecule has 3 nitrogen and oxygen atoms in total. The summed E-state index contributed by atoms with van der Waals surface area (Å²) in [5.41, 5.74) is 2.35. The standard InChI is InChI=1S/C20H25ClN2OS/c1-15(16-9-11-18(12-10-16)25(2)24)22-17-6-5-13-23(14-17)20-8-4-3-7-19(20)21/h3-4,7-12,15,17,22H,5-6,13-14H2,1-2H3/t15-,17+,25+/m0/s1. The number of benzene rings is 2. The molecule has 2 aromatic rings. The Bertz CT molecular complexity index is 735. The van der Waals surface area contributed by atoms with Crippen molar-refractivity contribution < 1.29 is 4.21 Å².